The Morgan fingerprint density at radius 2 is 2.43 bits per heavy atom. The first-order chi connectivity index (χ1) is 3.45. The molecule has 0 aromatic heterocycles. The van der Waals surface area contributed by atoms with E-state index in [2.05, 4.69) is 6.61 Å². The maximum Gasteiger partial charge on any atom is 0.136 e. The fourth-order valence-electron chi connectivity index (χ4n) is 1.35. The van der Waals surface area contributed by atoms with Crippen LogP contribution < -0.4 is 0 Å². The Labute approximate surface area is 43.7 Å². The summed E-state index contributed by atoms with van der Waals surface area (Å²) in [6.07, 6.45) is 4.41. The summed E-state index contributed by atoms with van der Waals surface area (Å²) < 4.78 is 5.10. The SMILES string of the molecule is [C]1OC2CCC1C2. The van der Waals surface area contributed by atoms with Crippen molar-refractivity contribution in [2.75, 3.05) is 0 Å². The van der Waals surface area contributed by atoms with Crippen LogP contribution in [0, 0.1) is 12.5 Å². The molecule has 1 nitrogen and oxygen atoms in total. The first kappa shape index (κ1) is 3.90. The van der Waals surface area contributed by atoms with Crippen LogP contribution in [0.25, 0.3) is 0 Å². The number of ether oxygens (including phenoxy) is 1. The number of hydrogen-bond donors (Lipinski definition) is 0. The Morgan fingerprint density at radius 1 is 1.43 bits per heavy atom. The lowest BCUT2D eigenvalue weighted by Crippen LogP contribution is -2.01. The third-order valence-corrected chi connectivity index (χ3v) is 1.79. The van der Waals surface area contributed by atoms with E-state index in [-0.39, 0.29) is 0 Å². The van der Waals surface area contributed by atoms with Gasteiger partial charge in [-0.2, -0.15) is 0 Å². The van der Waals surface area contributed by atoms with E-state index in [0.717, 1.165) is 0 Å². The van der Waals surface area contributed by atoms with Gasteiger partial charge in [-0.25, -0.2) is 0 Å². The fraction of sp³-hybridized carbons (Fsp3) is 0.833. The lowest BCUT2D eigenvalue weighted by molar-refractivity contribution is 0.128. The molecule has 38 valence electrons. The van der Waals surface area contributed by atoms with Crippen LogP contribution in [0.3, 0.4) is 0 Å². The molecule has 0 aromatic rings. The van der Waals surface area contributed by atoms with Crippen molar-refractivity contribution in [2.45, 2.75) is 25.4 Å². The van der Waals surface area contributed by atoms with Crippen LogP contribution in [0.4, 0.5) is 0 Å². The first-order valence-corrected chi connectivity index (χ1v) is 2.86. The van der Waals surface area contributed by atoms with E-state index in [1.165, 1.54) is 19.3 Å². The summed E-state index contributed by atoms with van der Waals surface area (Å²) in [6, 6.07) is 0. The van der Waals surface area contributed by atoms with E-state index in [1.807, 2.05) is 0 Å². The summed E-state index contributed by atoms with van der Waals surface area (Å²) in [5.41, 5.74) is 0. The highest BCUT2D eigenvalue weighted by molar-refractivity contribution is 4.88. The van der Waals surface area contributed by atoms with Crippen LogP contribution >= 0.6 is 0 Å². The van der Waals surface area contributed by atoms with Crippen molar-refractivity contribution in [1.82, 2.24) is 0 Å². The van der Waals surface area contributed by atoms with Gasteiger partial charge in [0.2, 0.25) is 0 Å². The molecule has 7 heavy (non-hydrogen) atoms. The quantitative estimate of drug-likeness (QED) is 0.440. The summed E-state index contributed by atoms with van der Waals surface area (Å²) in [5, 5.41) is 0. The number of fused-ring (bicyclic) bond motifs is 2. The summed E-state index contributed by atoms with van der Waals surface area (Å²) in [4.78, 5) is 0. The minimum atomic E-state index is 0.560. The lowest BCUT2D eigenvalue weighted by atomic mass is 10.1. The summed E-state index contributed by atoms with van der Waals surface area (Å²) >= 11 is 0. The van der Waals surface area contributed by atoms with Crippen LogP contribution in [0.2, 0.25) is 0 Å². The Bertz CT molecular complexity index is 62.2. The van der Waals surface area contributed by atoms with Gasteiger partial charge in [0.25, 0.3) is 0 Å². The van der Waals surface area contributed by atoms with Gasteiger partial charge in [-0.15, -0.1) is 0 Å². The Morgan fingerprint density at radius 3 is 2.57 bits per heavy atom. The van der Waals surface area contributed by atoms with E-state index in [0.29, 0.717) is 12.0 Å². The number of rotatable bonds is 0. The van der Waals surface area contributed by atoms with Crippen molar-refractivity contribution in [3.05, 3.63) is 6.61 Å². The Kier molecular flexibility index (Phi) is 0.680. The van der Waals surface area contributed by atoms with Crippen molar-refractivity contribution in [3.8, 4) is 0 Å². The second kappa shape index (κ2) is 1.22. The maximum absolute atomic E-state index is 5.10. The molecule has 1 saturated carbocycles. The van der Waals surface area contributed by atoms with Crippen molar-refractivity contribution >= 4 is 0 Å². The molecule has 1 saturated heterocycles. The van der Waals surface area contributed by atoms with Crippen molar-refractivity contribution in [1.29, 1.82) is 0 Å². The van der Waals surface area contributed by atoms with E-state index in [4.69, 9.17) is 4.74 Å². The highest BCUT2D eigenvalue weighted by atomic mass is 16.5. The van der Waals surface area contributed by atoms with E-state index in [9.17, 15) is 0 Å². The average Bonchev–Trinajstić information content (AvgIpc) is 2.22. The Hall–Kier alpha value is -0.0400. The second-order valence-corrected chi connectivity index (χ2v) is 2.37. The monoisotopic (exact) mass is 96.1 g/mol. The van der Waals surface area contributed by atoms with Gasteiger partial charge in [0, 0.05) is 0 Å². The maximum atomic E-state index is 5.10. The van der Waals surface area contributed by atoms with Gasteiger partial charge >= 0.3 is 0 Å². The zero-order valence-corrected chi connectivity index (χ0v) is 4.18. The van der Waals surface area contributed by atoms with E-state index < -0.39 is 0 Å². The lowest BCUT2D eigenvalue weighted by Gasteiger charge is -2.05. The molecule has 2 rings (SSSR count). The van der Waals surface area contributed by atoms with Crippen LogP contribution in [-0.2, 0) is 4.74 Å². The molecule has 1 heterocycles. The minimum Gasteiger partial charge on any atom is -0.365 e. The van der Waals surface area contributed by atoms with Crippen LogP contribution in [0.5, 0.6) is 0 Å². The molecular weight excluding hydrogens is 88.1 g/mol. The molecule has 0 aromatic carbocycles. The number of hydrogen-bond acceptors (Lipinski definition) is 1. The molecule has 0 N–H and O–H groups in total. The average molecular weight is 96.1 g/mol. The van der Waals surface area contributed by atoms with Gasteiger partial charge in [0.05, 0.1) is 6.10 Å². The van der Waals surface area contributed by atoms with Crippen LogP contribution in [0.1, 0.15) is 19.3 Å². The highest BCUT2D eigenvalue weighted by Gasteiger charge is 2.33. The molecule has 2 atom stereocenters. The molecule has 2 bridgehead atoms. The third-order valence-electron chi connectivity index (χ3n) is 1.79. The first-order valence-electron chi connectivity index (χ1n) is 2.86. The second-order valence-electron chi connectivity index (χ2n) is 2.37. The fourth-order valence-corrected chi connectivity index (χ4v) is 1.35. The predicted molar refractivity (Wildman–Crippen MR) is 25.5 cm³/mol. The normalized spacial score (nSPS) is 48.0. The summed E-state index contributed by atoms with van der Waals surface area (Å²) in [7, 11) is 0. The van der Waals surface area contributed by atoms with Gasteiger partial charge in [-0.3, -0.25) is 0 Å². The topological polar surface area (TPSA) is 9.23 Å². The zero-order chi connectivity index (χ0) is 4.69. The van der Waals surface area contributed by atoms with Gasteiger partial charge < -0.3 is 4.74 Å². The molecule has 1 aliphatic heterocycles. The predicted octanol–water partition coefficient (Wildman–Crippen LogP) is 1.22. The van der Waals surface area contributed by atoms with Gasteiger partial charge in [0.1, 0.15) is 6.61 Å². The van der Waals surface area contributed by atoms with Crippen LogP contribution in [-0.4, -0.2) is 6.10 Å². The molecule has 2 aliphatic rings. The van der Waals surface area contributed by atoms with Gasteiger partial charge in [-0.05, 0) is 25.2 Å². The molecule has 0 amide bonds. The molecule has 2 radical (unpaired) electrons. The minimum absolute atomic E-state index is 0.560. The summed E-state index contributed by atoms with van der Waals surface area (Å²) in [5.74, 6) is 0.699. The standard InChI is InChI=1S/C6H8O/c1-2-6-3-5(1)4-7-6/h5-6H,1-3H2. The van der Waals surface area contributed by atoms with Crippen molar-refractivity contribution in [3.63, 3.8) is 0 Å². The van der Waals surface area contributed by atoms with Crippen molar-refractivity contribution < 1.29 is 4.74 Å². The molecule has 2 unspecified atom stereocenters. The molecular formula is C6H8O. The van der Waals surface area contributed by atoms with Crippen molar-refractivity contribution in [2.24, 2.45) is 5.92 Å². The zero-order valence-electron chi connectivity index (χ0n) is 4.18. The van der Waals surface area contributed by atoms with Crippen LogP contribution in [0.15, 0.2) is 0 Å². The third kappa shape index (κ3) is 0.480. The van der Waals surface area contributed by atoms with Gasteiger partial charge in [0.15, 0.2) is 0 Å². The smallest absolute Gasteiger partial charge is 0.136 e. The Balaban J connectivity index is 2.12. The molecule has 2 fully saturated rings. The molecule has 1 aliphatic carbocycles. The van der Waals surface area contributed by atoms with Gasteiger partial charge in [-0.1, -0.05) is 0 Å². The van der Waals surface area contributed by atoms with E-state index in [1.54, 1.807) is 0 Å². The molecule has 0 spiro atoms. The summed E-state index contributed by atoms with van der Waals surface area (Å²) in [6.45, 7) is 2.96. The largest absolute Gasteiger partial charge is 0.365 e. The van der Waals surface area contributed by atoms with E-state index >= 15 is 0 Å². The highest BCUT2D eigenvalue weighted by Crippen LogP contribution is 2.37. The molecule has 1 heteroatoms.